The van der Waals surface area contributed by atoms with E-state index in [1.165, 1.54) is 11.8 Å². The van der Waals surface area contributed by atoms with Crippen LogP contribution in [0, 0.1) is 13.8 Å². The summed E-state index contributed by atoms with van der Waals surface area (Å²) in [6.07, 6.45) is 1.41. The maximum Gasteiger partial charge on any atom is 0.234 e. The lowest BCUT2D eigenvalue weighted by molar-refractivity contribution is -0.113. The molecule has 0 aliphatic rings. The zero-order chi connectivity index (χ0) is 24.0. The van der Waals surface area contributed by atoms with Gasteiger partial charge in [0.15, 0.2) is 17.1 Å². The van der Waals surface area contributed by atoms with Gasteiger partial charge in [-0.05, 0) is 56.2 Å². The summed E-state index contributed by atoms with van der Waals surface area (Å²) < 4.78 is 14.2. The Morgan fingerprint density at radius 3 is 2.73 bits per heavy atom. The molecular formula is C24H27BrN4O3S. The van der Waals surface area contributed by atoms with Crippen LogP contribution in [-0.2, 0) is 11.3 Å². The molecule has 0 spiro atoms. The lowest BCUT2D eigenvalue weighted by Gasteiger charge is -2.16. The van der Waals surface area contributed by atoms with Crippen LogP contribution in [-0.4, -0.2) is 33.5 Å². The van der Waals surface area contributed by atoms with E-state index in [0.29, 0.717) is 29.0 Å². The highest BCUT2D eigenvalue weighted by molar-refractivity contribution is 9.10. The molecule has 174 valence electrons. The molecule has 1 atom stereocenters. The minimum Gasteiger partial charge on any atom is -0.497 e. The molecule has 0 saturated heterocycles. The lowest BCUT2D eigenvalue weighted by Crippen LogP contribution is -2.16. The number of aromatic nitrogens is 3. The zero-order valence-electron chi connectivity index (χ0n) is 19.1. The fourth-order valence-corrected chi connectivity index (χ4v) is 4.36. The third-order valence-corrected chi connectivity index (χ3v) is 6.93. The van der Waals surface area contributed by atoms with Gasteiger partial charge in [0.25, 0.3) is 0 Å². The van der Waals surface area contributed by atoms with E-state index in [-0.39, 0.29) is 17.8 Å². The van der Waals surface area contributed by atoms with Crippen LogP contribution in [0.25, 0.3) is 0 Å². The molecule has 0 saturated carbocycles. The van der Waals surface area contributed by atoms with Crippen molar-refractivity contribution in [1.29, 1.82) is 0 Å². The number of hydrogen-bond acceptors (Lipinski definition) is 6. The van der Waals surface area contributed by atoms with Gasteiger partial charge in [-0.2, -0.15) is 0 Å². The van der Waals surface area contributed by atoms with E-state index in [9.17, 15) is 4.79 Å². The summed E-state index contributed by atoms with van der Waals surface area (Å²) in [5.74, 6) is 2.13. The quantitative estimate of drug-likeness (QED) is 0.266. The Morgan fingerprint density at radius 2 is 2.00 bits per heavy atom. The van der Waals surface area contributed by atoms with Gasteiger partial charge < -0.3 is 14.8 Å². The number of carbonyl (C=O) groups is 1. The number of nitrogens with one attached hydrogen (secondary N) is 1. The molecule has 2 aromatic carbocycles. The van der Waals surface area contributed by atoms with E-state index < -0.39 is 0 Å². The summed E-state index contributed by atoms with van der Waals surface area (Å²) in [7, 11) is 1.61. The molecule has 1 unspecified atom stereocenters. The van der Waals surface area contributed by atoms with Crippen molar-refractivity contribution in [3.8, 4) is 11.5 Å². The smallest absolute Gasteiger partial charge is 0.234 e. The monoisotopic (exact) mass is 530 g/mol. The van der Waals surface area contributed by atoms with Gasteiger partial charge in [-0.25, -0.2) is 0 Å². The molecule has 0 bridgehead atoms. The van der Waals surface area contributed by atoms with E-state index >= 15 is 0 Å². The SMILES string of the molecule is C=CCn1c(SCC(=O)Nc2ccc(Br)c(C)c2C)nnc1C(C)Oc1cccc(OC)c1. The average Bonchev–Trinajstić information content (AvgIpc) is 3.21. The fourth-order valence-electron chi connectivity index (χ4n) is 3.18. The number of anilines is 1. The third-order valence-electron chi connectivity index (χ3n) is 5.10. The van der Waals surface area contributed by atoms with E-state index in [4.69, 9.17) is 9.47 Å². The number of benzene rings is 2. The van der Waals surface area contributed by atoms with Crippen LogP contribution < -0.4 is 14.8 Å². The zero-order valence-corrected chi connectivity index (χ0v) is 21.5. The highest BCUT2D eigenvalue weighted by Gasteiger charge is 2.20. The van der Waals surface area contributed by atoms with Crippen LogP contribution in [0.3, 0.4) is 0 Å². The second-order valence-corrected chi connectivity index (χ2v) is 9.16. The highest BCUT2D eigenvalue weighted by atomic mass is 79.9. The Morgan fingerprint density at radius 1 is 1.24 bits per heavy atom. The van der Waals surface area contributed by atoms with E-state index in [0.717, 1.165) is 21.3 Å². The first-order valence-corrected chi connectivity index (χ1v) is 12.1. The number of hydrogen-bond donors (Lipinski definition) is 1. The molecule has 1 aromatic heterocycles. The number of carbonyl (C=O) groups excluding carboxylic acids is 1. The molecule has 1 amide bonds. The number of ether oxygens (including phenoxy) is 2. The Kier molecular flexibility index (Phi) is 8.57. The minimum absolute atomic E-state index is 0.111. The predicted octanol–water partition coefficient (Wildman–Crippen LogP) is 5.72. The maximum absolute atomic E-state index is 12.6. The number of nitrogens with zero attached hydrogens (tertiary/aromatic N) is 3. The molecule has 3 rings (SSSR count). The highest BCUT2D eigenvalue weighted by Crippen LogP contribution is 2.28. The standard InChI is InChI=1S/C24H27BrN4O3S/c1-6-12-29-23(17(4)32-19-9-7-8-18(13-19)31-5)27-28-24(29)33-14-22(30)26-21-11-10-20(25)15(2)16(21)3/h6-11,13,17H,1,12,14H2,2-5H3,(H,26,30). The molecule has 1 N–H and O–H groups in total. The number of halogens is 1. The molecule has 3 aromatic rings. The van der Waals surface area contributed by atoms with Crippen molar-refractivity contribution in [3.05, 3.63) is 70.5 Å². The summed E-state index contributed by atoms with van der Waals surface area (Å²) in [6, 6.07) is 11.2. The van der Waals surface area contributed by atoms with E-state index in [2.05, 4.69) is 38.0 Å². The van der Waals surface area contributed by atoms with E-state index in [1.807, 2.05) is 61.7 Å². The van der Waals surface area contributed by atoms with Crippen LogP contribution in [0.1, 0.15) is 30.0 Å². The first-order chi connectivity index (χ1) is 15.8. The number of amides is 1. The number of thioether (sulfide) groups is 1. The van der Waals surface area contributed by atoms with Gasteiger partial charge in [-0.3, -0.25) is 9.36 Å². The van der Waals surface area contributed by atoms with Crippen LogP contribution in [0.5, 0.6) is 11.5 Å². The van der Waals surface area contributed by atoms with Crippen molar-refractivity contribution in [1.82, 2.24) is 14.8 Å². The van der Waals surface area contributed by atoms with E-state index in [1.54, 1.807) is 13.2 Å². The summed E-state index contributed by atoms with van der Waals surface area (Å²) in [5, 5.41) is 12.2. The van der Waals surface area contributed by atoms with Gasteiger partial charge in [0.2, 0.25) is 5.91 Å². The fraction of sp³-hybridized carbons (Fsp3) is 0.292. The Balaban J connectivity index is 1.69. The van der Waals surface area contributed by atoms with Crippen molar-refractivity contribution < 1.29 is 14.3 Å². The molecule has 0 aliphatic heterocycles. The van der Waals surface area contributed by atoms with Crippen molar-refractivity contribution in [3.63, 3.8) is 0 Å². The van der Waals surface area contributed by atoms with Gasteiger partial charge in [-0.1, -0.05) is 39.8 Å². The number of allylic oxidation sites excluding steroid dienone is 1. The molecule has 9 heteroatoms. The molecule has 0 radical (unpaired) electrons. The third kappa shape index (κ3) is 6.17. The molecule has 0 aliphatic carbocycles. The first-order valence-electron chi connectivity index (χ1n) is 10.4. The Hall–Kier alpha value is -2.78. The number of rotatable bonds is 10. The molecule has 0 fully saturated rings. The van der Waals surface area contributed by atoms with Gasteiger partial charge in [0, 0.05) is 22.8 Å². The molecule has 7 nitrogen and oxygen atoms in total. The van der Waals surface area contributed by atoms with Crippen molar-refractivity contribution in [2.75, 3.05) is 18.2 Å². The molecule has 33 heavy (non-hydrogen) atoms. The largest absolute Gasteiger partial charge is 0.497 e. The van der Waals surface area contributed by atoms with Crippen LogP contribution >= 0.6 is 27.7 Å². The van der Waals surface area contributed by atoms with Gasteiger partial charge in [-0.15, -0.1) is 16.8 Å². The van der Waals surface area contributed by atoms with Crippen molar-refractivity contribution in [2.24, 2.45) is 0 Å². The van der Waals surface area contributed by atoms with Gasteiger partial charge in [0.1, 0.15) is 11.5 Å². The van der Waals surface area contributed by atoms with Gasteiger partial charge in [0.05, 0.1) is 12.9 Å². The van der Waals surface area contributed by atoms with Crippen molar-refractivity contribution >= 4 is 39.3 Å². The molecular weight excluding hydrogens is 504 g/mol. The lowest BCUT2D eigenvalue weighted by atomic mass is 10.1. The first kappa shape index (κ1) is 24.9. The second kappa shape index (κ2) is 11.4. The summed E-state index contributed by atoms with van der Waals surface area (Å²) in [4.78, 5) is 12.6. The predicted molar refractivity (Wildman–Crippen MR) is 135 cm³/mol. The topological polar surface area (TPSA) is 78.3 Å². The Labute approximate surface area is 206 Å². The minimum atomic E-state index is -0.360. The average molecular weight is 531 g/mol. The maximum atomic E-state index is 12.6. The van der Waals surface area contributed by atoms with Crippen LogP contribution in [0.15, 0.2) is 58.7 Å². The summed E-state index contributed by atoms with van der Waals surface area (Å²) >= 11 is 4.84. The second-order valence-electron chi connectivity index (χ2n) is 7.36. The van der Waals surface area contributed by atoms with Crippen LogP contribution in [0.4, 0.5) is 5.69 Å². The van der Waals surface area contributed by atoms with Crippen LogP contribution in [0.2, 0.25) is 0 Å². The van der Waals surface area contributed by atoms with Crippen molar-refractivity contribution in [2.45, 2.75) is 38.6 Å². The number of methoxy groups -OCH3 is 1. The summed E-state index contributed by atoms with van der Waals surface area (Å²) in [5.41, 5.74) is 2.93. The summed E-state index contributed by atoms with van der Waals surface area (Å²) in [6.45, 7) is 10.2. The Bertz CT molecular complexity index is 1150. The van der Waals surface area contributed by atoms with Gasteiger partial charge >= 0.3 is 0 Å². The normalized spacial score (nSPS) is 11.7. The molecule has 1 heterocycles.